The number of benzene rings is 2. The van der Waals surface area contributed by atoms with Crippen molar-refractivity contribution in [3.05, 3.63) is 77.0 Å². The van der Waals surface area contributed by atoms with Crippen molar-refractivity contribution >= 4 is 28.8 Å². The minimum atomic E-state index is 0.538. The largest absolute Gasteiger partial charge is 0.332 e. The molecule has 1 aromatic heterocycles. The summed E-state index contributed by atoms with van der Waals surface area (Å²) in [6, 6.07) is 18.5. The van der Waals surface area contributed by atoms with Crippen LogP contribution in [0.1, 0.15) is 22.4 Å². The Morgan fingerprint density at radius 1 is 1.00 bits per heavy atom. The van der Waals surface area contributed by atoms with E-state index >= 15 is 0 Å². The van der Waals surface area contributed by atoms with Gasteiger partial charge in [0.2, 0.25) is 0 Å². The zero-order valence-corrected chi connectivity index (χ0v) is 15.5. The molecule has 4 nitrogen and oxygen atoms in total. The van der Waals surface area contributed by atoms with Gasteiger partial charge in [-0.3, -0.25) is 4.68 Å². The van der Waals surface area contributed by atoms with Crippen LogP contribution in [-0.4, -0.2) is 14.9 Å². The fraction of sp³-hybridized carbons (Fsp3) is 0.200. The number of aromatic nitrogens is 2. The number of aryl methyl sites for hydroxylation is 3. The maximum Gasteiger partial charge on any atom is 0.176 e. The molecular weight excluding hydrogens is 328 g/mol. The average Bonchev–Trinajstić information content (AvgIpc) is 2.90. The number of anilines is 2. The van der Waals surface area contributed by atoms with Crippen LogP contribution < -0.4 is 10.6 Å². The van der Waals surface area contributed by atoms with Crippen molar-refractivity contribution < 1.29 is 0 Å². The Balaban J connectivity index is 1.66. The highest BCUT2D eigenvalue weighted by Gasteiger charge is 2.07. The second-order valence-corrected chi connectivity index (χ2v) is 6.62. The van der Waals surface area contributed by atoms with E-state index in [-0.39, 0.29) is 0 Å². The van der Waals surface area contributed by atoms with E-state index in [9.17, 15) is 0 Å². The summed E-state index contributed by atoms with van der Waals surface area (Å²) in [6.07, 6.45) is 0. The molecule has 0 radical (unpaired) electrons. The first-order valence-corrected chi connectivity index (χ1v) is 8.66. The zero-order chi connectivity index (χ0) is 17.8. The summed E-state index contributed by atoms with van der Waals surface area (Å²) in [7, 11) is 0. The molecule has 3 aromatic rings. The number of hydrogen-bond acceptors (Lipinski definition) is 2. The van der Waals surface area contributed by atoms with Crippen molar-refractivity contribution in [2.24, 2.45) is 0 Å². The monoisotopic (exact) mass is 350 g/mol. The second kappa shape index (κ2) is 7.49. The maximum atomic E-state index is 5.42. The van der Waals surface area contributed by atoms with Crippen LogP contribution in [0.4, 0.5) is 11.5 Å². The normalized spacial score (nSPS) is 10.5. The van der Waals surface area contributed by atoms with E-state index in [2.05, 4.69) is 53.8 Å². The van der Waals surface area contributed by atoms with Crippen LogP contribution in [0.3, 0.4) is 0 Å². The Labute approximate surface area is 153 Å². The van der Waals surface area contributed by atoms with Gasteiger partial charge in [0.1, 0.15) is 0 Å². The van der Waals surface area contributed by atoms with Crippen molar-refractivity contribution in [3.8, 4) is 0 Å². The van der Waals surface area contributed by atoms with Crippen LogP contribution in [0.15, 0.2) is 54.6 Å². The average molecular weight is 350 g/mol. The lowest BCUT2D eigenvalue weighted by atomic mass is 10.1. The van der Waals surface area contributed by atoms with Gasteiger partial charge in [-0.25, -0.2) is 0 Å². The van der Waals surface area contributed by atoms with E-state index in [1.165, 1.54) is 11.1 Å². The van der Waals surface area contributed by atoms with Crippen LogP contribution in [0.25, 0.3) is 0 Å². The maximum absolute atomic E-state index is 5.42. The van der Waals surface area contributed by atoms with Crippen LogP contribution >= 0.6 is 12.2 Å². The number of thiocarbonyl (C=S) groups is 1. The van der Waals surface area contributed by atoms with Crippen molar-refractivity contribution in [1.82, 2.24) is 9.78 Å². The van der Waals surface area contributed by atoms with E-state index in [4.69, 9.17) is 12.2 Å². The molecule has 0 aliphatic rings. The van der Waals surface area contributed by atoms with Crippen molar-refractivity contribution in [3.63, 3.8) is 0 Å². The topological polar surface area (TPSA) is 41.9 Å². The van der Waals surface area contributed by atoms with Crippen LogP contribution in [0, 0.1) is 20.8 Å². The lowest BCUT2D eigenvalue weighted by molar-refractivity contribution is 0.668. The molecule has 0 amide bonds. The molecule has 0 spiro atoms. The molecule has 0 aliphatic carbocycles. The van der Waals surface area contributed by atoms with Gasteiger partial charge in [0.15, 0.2) is 10.9 Å². The Kier molecular flexibility index (Phi) is 5.14. The molecule has 0 unspecified atom stereocenters. The van der Waals surface area contributed by atoms with Crippen LogP contribution in [0.5, 0.6) is 0 Å². The second-order valence-electron chi connectivity index (χ2n) is 6.21. The van der Waals surface area contributed by atoms with Gasteiger partial charge in [0.05, 0.1) is 6.54 Å². The van der Waals surface area contributed by atoms with Gasteiger partial charge in [-0.05, 0) is 50.2 Å². The first kappa shape index (κ1) is 17.2. The van der Waals surface area contributed by atoms with Gasteiger partial charge < -0.3 is 10.6 Å². The standard InChI is InChI=1S/C20H22N4S/c1-14-9-10-18(15(2)11-14)21-20(25)22-19-12-16(3)24(23-19)13-17-7-5-4-6-8-17/h4-12H,13H2,1-3H3,(H2,21,22,23,25). The molecule has 3 rings (SSSR count). The molecule has 0 atom stereocenters. The fourth-order valence-corrected chi connectivity index (χ4v) is 2.93. The van der Waals surface area contributed by atoms with Crippen LogP contribution in [0.2, 0.25) is 0 Å². The quantitative estimate of drug-likeness (QED) is 0.671. The predicted octanol–water partition coefficient (Wildman–Crippen LogP) is 4.67. The van der Waals surface area contributed by atoms with E-state index in [1.54, 1.807) is 0 Å². The summed E-state index contributed by atoms with van der Waals surface area (Å²) in [5.41, 5.74) is 5.70. The predicted molar refractivity (Wildman–Crippen MR) is 108 cm³/mol. The third-order valence-electron chi connectivity index (χ3n) is 4.03. The van der Waals surface area contributed by atoms with E-state index in [1.807, 2.05) is 41.9 Å². The Morgan fingerprint density at radius 3 is 2.48 bits per heavy atom. The smallest absolute Gasteiger partial charge is 0.176 e. The minimum Gasteiger partial charge on any atom is -0.332 e. The van der Waals surface area contributed by atoms with Gasteiger partial charge in [0, 0.05) is 17.4 Å². The SMILES string of the molecule is Cc1ccc(NC(=S)Nc2cc(C)n(Cc3ccccc3)n2)c(C)c1. The lowest BCUT2D eigenvalue weighted by Crippen LogP contribution is -2.20. The van der Waals surface area contributed by atoms with Gasteiger partial charge in [-0.15, -0.1) is 0 Å². The van der Waals surface area contributed by atoms with E-state index < -0.39 is 0 Å². The molecule has 0 bridgehead atoms. The molecule has 0 saturated carbocycles. The lowest BCUT2D eigenvalue weighted by Gasteiger charge is -2.11. The number of hydrogen-bond donors (Lipinski definition) is 2. The summed E-state index contributed by atoms with van der Waals surface area (Å²) in [6.45, 7) is 6.93. The fourth-order valence-electron chi connectivity index (χ4n) is 2.71. The van der Waals surface area contributed by atoms with Gasteiger partial charge in [0.25, 0.3) is 0 Å². The Bertz CT molecular complexity index is 884. The van der Waals surface area contributed by atoms with Crippen molar-refractivity contribution in [2.75, 3.05) is 10.6 Å². The molecule has 5 heteroatoms. The van der Waals surface area contributed by atoms with Crippen LogP contribution in [-0.2, 0) is 6.54 Å². The third kappa shape index (κ3) is 4.45. The van der Waals surface area contributed by atoms with Gasteiger partial charge in [-0.2, -0.15) is 5.10 Å². The number of nitrogens with zero attached hydrogens (tertiary/aromatic N) is 2. The number of nitrogens with one attached hydrogen (secondary N) is 2. The molecule has 2 N–H and O–H groups in total. The van der Waals surface area contributed by atoms with E-state index in [0.29, 0.717) is 5.11 Å². The summed E-state index contributed by atoms with van der Waals surface area (Å²) < 4.78 is 1.97. The molecule has 2 aromatic carbocycles. The number of rotatable bonds is 4. The van der Waals surface area contributed by atoms with Gasteiger partial charge >= 0.3 is 0 Å². The zero-order valence-electron chi connectivity index (χ0n) is 14.7. The molecule has 25 heavy (non-hydrogen) atoms. The molecule has 128 valence electrons. The summed E-state index contributed by atoms with van der Waals surface area (Å²) in [4.78, 5) is 0. The molecule has 0 aliphatic heterocycles. The van der Waals surface area contributed by atoms with Crippen molar-refractivity contribution in [2.45, 2.75) is 27.3 Å². The summed E-state index contributed by atoms with van der Waals surface area (Å²) in [5.74, 6) is 0.746. The Hall–Kier alpha value is -2.66. The molecule has 1 heterocycles. The van der Waals surface area contributed by atoms with E-state index in [0.717, 1.165) is 29.3 Å². The highest BCUT2D eigenvalue weighted by molar-refractivity contribution is 7.80. The third-order valence-corrected chi connectivity index (χ3v) is 4.23. The molecule has 0 saturated heterocycles. The highest BCUT2D eigenvalue weighted by Crippen LogP contribution is 2.17. The van der Waals surface area contributed by atoms with Crippen molar-refractivity contribution in [1.29, 1.82) is 0 Å². The first-order valence-electron chi connectivity index (χ1n) is 8.25. The molecule has 0 fully saturated rings. The molecular formula is C20H22N4S. The Morgan fingerprint density at radius 2 is 1.76 bits per heavy atom. The summed E-state index contributed by atoms with van der Waals surface area (Å²) >= 11 is 5.42. The van der Waals surface area contributed by atoms with Gasteiger partial charge in [-0.1, -0.05) is 48.0 Å². The minimum absolute atomic E-state index is 0.538. The summed E-state index contributed by atoms with van der Waals surface area (Å²) in [5, 5.41) is 11.5. The highest BCUT2D eigenvalue weighted by atomic mass is 32.1. The first-order chi connectivity index (χ1) is 12.0.